The number of halogens is 1. The summed E-state index contributed by atoms with van der Waals surface area (Å²) in [5.74, 6) is 1.56. The maximum atomic E-state index is 5.68. The minimum atomic E-state index is 0.463. The van der Waals surface area contributed by atoms with Crippen molar-refractivity contribution in [1.82, 2.24) is 4.98 Å². The summed E-state index contributed by atoms with van der Waals surface area (Å²) in [6.07, 6.45) is 7.00. The lowest BCUT2D eigenvalue weighted by molar-refractivity contribution is 0.216. The second-order valence-corrected chi connectivity index (χ2v) is 5.17. The third-order valence-corrected chi connectivity index (χ3v) is 3.54. The van der Waals surface area contributed by atoms with Gasteiger partial charge in [0.15, 0.2) is 0 Å². The van der Waals surface area contributed by atoms with Crippen molar-refractivity contribution in [2.45, 2.75) is 32.2 Å². The zero-order valence-electron chi connectivity index (χ0n) is 9.29. The first-order valence-corrected chi connectivity index (χ1v) is 6.56. The van der Waals surface area contributed by atoms with Crippen LogP contribution < -0.4 is 10.5 Å². The zero-order valence-corrected chi connectivity index (χ0v) is 10.9. The fourth-order valence-electron chi connectivity index (χ4n) is 1.85. The lowest BCUT2D eigenvalue weighted by Crippen LogP contribution is -2.15. The monoisotopic (exact) mass is 284 g/mol. The van der Waals surface area contributed by atoms with Gasteiger partial charge in [0, 0.05) is 22.8 Å². The maximum absolute atomic E-state index is 5.68. The fourth-order valence-corrected chi connectivity index (χ4v) is 2.23. The molecule has 4 heteroatoms. The van der Waals surface area contributed by atoms with Crippen molar-refractivity contribution in [2.75, 3.05) is 6.61 Å². The quantitative estimate of drug-likeness (QED) is 0.905. The topological polar surface area (TPSA) is 48.1 Å². The Morgan fingerprint density at radius 2 is 2.31 bits per heavy atom. The predicted octanol–water partition coefficient (Wildman–Crippen LogP) is 2.87. The molecule has 16 heavy (non-hydrogen) atoms. The number of nitrogens with two attached hydrogens (primary N) is 1. The standard InChI is InChI=1S/C12H17BrN2O/c13-11-6-10(7-14)12(15-8-11)16-5-4-9-2-1-3-9/h6,8-9H,1-5,7,14H2. The molecule has 1 fully saturated rings. The largest absolute Gasteiger partial charge is 0.477 e. The van der Waals surface area contributed by atoms with Crippen LogP contribution in [0, 0.1) is 5.92 Å². The van der Waals surface area contributed by atoms with Gasteiger partial charge in [-0.25, -0.2) is 4.98 Å². The Bertz CT molecular complexity index is 353. The molecular weight excluding hydrogens is 268 g/mol. The average molecular weight is 285 g/mol. The van der Waals surface area contributed by atoms with E-state index in [1.807, 2.05) is 6.07 Å². The molecule has 0 aromatic carbocycles. The highest BCUT2D eigenvalue weighted by atomic mass is 79.9. The van der Waals surface area contributed by atoms with Crippen LogP contribution in [0.25, 0.3) is 0 Å². The van der Waals surface area contributed by atoms with Crippen LogP contribution in [0.4, 0.5) is 0 Å². The van der Waals surface area contributed by atoms with Gasteiger partial charge in [-0.1, -0.05) is 19.3 Å². The Hall–Kier alpha value is -0.610. The van der Waals surface area contributed by atoms with Crippen LogP contribution >= 0.6 is 15.9 Å². The molecule has 1 aromatic heterocycles. The smallest absolute Gasteiger partial charge is 0.217 e. The van der Waals surface area contributed by atoms with E-state index in [2.05, 4.69) is 20.9 Å². The molecule has 3 nitrogen and oxygen atoms in total. The first-order chi connectivity index (χ1) is 7.79. The lowest BCUT2D eigenvalue weighted by Gasteiger charge is -2.25. The number of pyridine rings is 1. The summed E-state index contributed by atoms with van der Waals surface area (Å²) in [7, 11) is 0. The molecule has 0 atom stereocenters. The highest BCUT2D eigenvalue weighted by Gasteiger charge is 2.17. The average Bonchev–Trinajstić information content (AvgIpc) is 2.23. The van der Waals surface area contributed by atoms with Crippen LogP contribution in [0.3, 0.4) is 0 Å². The molecule has 1 aliphatic rings. The van der Waals surface area contributed by atoms with Gasteiger partial charge in [0.2, 0.25) is 5.88 Å². The second kappa shape index (κ2) is 5.64. The van der Waals surface area contributed by atoms with Crippen molar-refractivity contribution >= 4 is 15.9 Å². The Balaban J connectivity index is 1.87. The van der Waals surface area contributed by atoms with Gasteiger partial charge in [-0.2, -0.15) is 0 Å². The van der Waals surface area contributed by atoms with E-state index in [-0.39, 0.29) is 0 Å². The van der Waals surface area contributed by atoms with Gasteiger partial charge in [0.25, 0.3) is 0 Å². The molecule has 2 N–H and O–H groups in total. The van der Waals surface area contributed by atoms with E-state index in [9.17, 15) is 0 Å². The van der Waals surface area contributed by atoms with Crippen LogP contribution in [0.15, 0.2) is 16.7 Å². The van der Waals surface area contributed by atoms with E-state index in [1.54, 1.807) is 6.20 Å². The minimum Gasteiger partial charge on any atom is -0.477 e. The van der Waals surface area contributed by atoms with Crippen LogP contribution in [0.1, 0.15) is 31.2 Å². The summed E-state index contributed by atoms with van der Waals surface area (Å²) in [6, 6.07) is 1.96. The fraction of sp³-hybridized carbons (Fsp3) is 0.583. The zero-order chi connectivity index (χ0) is 11.4. The van der Waals surface area contributed by atoms with Gasteiger partial charge in [0.05, 0.1) is 6.61 Å². The Morgan fingerprint density at radius 3 is 2.94 bits per heavy atom. The Labute approximate surface area is 105 Å². The number of ether oxygens (including phenoxy) is 1. The number of nitrogens with zero attached hydrogens (tertiary/aromatic N) is 1. The molecule has 1 aromatic rings. The Kier molecular flexibility index (Phi) is 4.18. The summed E-state index contributed by atoms with van der Waals surface area (Å²) in [5.41, 5.74) is 6.61. The minimum absolute atomic E-state index is 0.463. The van der Waals surface area contributed by atoms with Gasteiger partial charge >= 0.3 is 0 Å². The van der Waals surface area contributed by atoms with E-state index in [0.29, 0.717) is 12.4 Å². The molecule has 1 heterocycles. The van der Waals surface area contributed by atoms with E-state index in [0.717, 1.165) is 29.0 Å². The summed E-state index contributed by atoms with van der Waals surface area (Å²) >= 11 is 3.38. The first kappa shape index (κ1) is 11.9. The Morgan fingerprint density at radius 1 is 1.50 bits per heavy atom. The molecule has 0 aliphatic heterocycles. The van der Waals surface area contributed by atoms with Gasteiger partial charge in [-0.15, -0.1) is 0 Å². The molecule has 1 saturated carbocycles. The summed E-state index contributed by atoms with van der Waals surface area (Å²) < 4.78 is 6.62. The third-order valence-electron chi connectivity index (χ3n) is 3.10. The van der Waals surface area contributed by atoms with Crippen molar-refractivity contribution < 1.29 is 4.74 Å². The van der Waals surface area contributed by atoms with E-state index < -0.39 is 0 Å². The van der Waals surface area contributed by atoms with Crippen LogP contribution in [-0.4, -0.2) is 11.6 Å². The highest BCUT2D eigenvalue weighted by Crippen LogP contribution is 2.29. The number of hydrogen-bond acceptors (Lipinski definition) is 3. The number of rotatable bonds is 5. The molecule has 0 amide bonds. The van der Waals surface area contributed by atoms with Crippen LogP contribution in [-0.2, 0) is 6.54 Å². The first-order valence-electron chi connectivity index (χ1n) is 5.77. The summed E-state index contributed by atoms with van der Waals surface area (Å²) in [6.45, 7) is 1.22. The molecule has 88 valence electrons. The van der Waals surface area contributed by atoms with Gasteiger partial charge in [-0.05, 0) is 34.3 Å². The highest BCUT2D eigenvalue weighted by molar-refractivity contribution is 9.10. The van der Waals surface area contributed by atoms with Crippen molar-refractivity contribution in [3.63, 3.8) is 0 Å². The van der Waals surface area contributed by atoms with Crippen LogP contribution in [0.2, 0.25) is 0 Å². The molecule has 0 unspecified atom stereocenters. The molecule has 0 radical (unpaired) electrons. The van der Waals surface area contributed by atoms with Crippen LogP contribution in [0.5, 0.6) is 5.88 Å². The maximum Gasteiger partial charge on any atom is 0.217 e. The van der Waals surface area contributed by atoms with E-state index in [1.165, 1.54) is 19.3 Å². The number of hydrogen-bond donors (Lipinski definition) is 1. The SMILES string of the molecule is NCc1cc(Br)cnc1OCCC1CCC1. The normalized spacial score (nSPS) is 15.9. The predicted molar refractivity (Wildman–Crippen MR) is 67.3 cm³/mol. The second-order valence-electron chi connectivity index (χ2n) is 4.26. The van der Waals surface area contributed by atoms with Crippen molar-refractivity contribution in [3.8, 4) is 5.88 Å². The third kappa shape index (κ3) is 2.95. The van der Waals surface area contributed by atoms with E-state index >= 15 is 0 Å². The van der Waals surface area contributed by atoms with E-state index in [4.69, 9.17) is 10.5 Å². The van der Waals surface area contributed by atoms with Crippen molar-refractivity contribution in [2.24, 2.45) is 11.7 Å². The lowest BCUT2D eigenvalue weighted by atomic mass is 9.83. The van der Waals surface area contributed by atoms with Gasteiger partial charge < -0.3 is 10.5 Å². The molecule has 0 saturated heterocycles. The molecular formula is C12H17BrN2O. The molecule has 2 rings (SSSR count). The summed E-state index contributed by atoms with van der Waals surface area (Å²) in [5, 5.41) is 0. The van der Waals surface area contributed by atoms with Gasteiger partial charge in [-0.3, -0.25) is 0 Å². The summed E-state index contributed by atoms with van der Waals surface area (Å²) in [4.78, 5) is 4.24. The molecule has 0 bridgehead atoms. The van der Waals surface area contributed by atoms with Crippen molar-refractivity contribution in [1.29, 1.82) is 0 Å². The van der Waals surface area contributed by atoms with Gasteiger partial charge in [0.1, 0.15) is 0 Å². The number of aromatic nitrogens is 1. The molecule has 1 aliphatic carbocycles. The molecule has 0 spiro atoms. The van der Waals surface area contributed by atoms with Crippen molar-refractivity contribution in [3.05, 3.63) is 22.3 Å².